The zero-order valence-electron chi connectivity index (χ0n) is 26.0. The van der Waals surface area contributed by atoms with Crippen molar-refractivity contribution in [3.63, 3.8) is 0 Å². The van der Waals surface area contributed by atoms with Crippen LogP contribution in [0.2, 0.25) is 0 Å². The molecule has 46 heavy (non-hydrogen) atoms. The standard InChI is InChI=1S/C39H33S2.ClHO4/c1-26-5-13-32(14-6-26)36-22-30(23-37(40-36)33-15-7-27(2)8-16-33)21-31-24-38(34-17-9-28(3)10-18-34)41-39(25-31)35-19-11-29(4)12-20-35;2-1(3,4)5/h5-25H,1-4H3;(H,2,3,4,5)/q+1;/p-1. The van der Waals surface area contributed by atoms with Crippen LogP contribution in [0.4, 0.5) is 0 Å². The highest BCUT2D eigenvalue weighted by atomic mass is 35.7. The van der Waals surface area contributed by atoms with Crippen molar-refractivity contribution in [1.29, 1.82) is 0 Å². The van der Waals surface area contributed by atoms with Crippen molar-refractivity contribution in [1.82, 2.24) is 0 Å². The molecule has 0 unspecified atom stereocenters. The summed E-state index contributed by atoms with van der Waals surface area (Å²) in [5, 5.41) is 0. The third-order valence-corrected chi connectivity index (χ3v) is 9.60. The molecule has 7 heteroatoms. The van der Waals surface area contributed by atoms with Crippen LogP contribution in [0.3, 0.4) is 0 Å². The van der Waals surface area contributed by atoms with E-state index in [2.05, 4.69) is 155 Å². The Labute approximate surface area is 281 Å². The van der Waals surface area contributed by atoms with E-state index < -0.39 is 10.2 Å². The molecule has 4 nitrogen and oxygen atoms in total. The Balaban J connectivity index is 0.000000775. The van der Waals surface area contributed by atoms with E-state index in [-0.39, 0.29) is 0 Å². The molecule has 6 rings (SSSR count). The fraction of sp³-hybridized carbons (Fsp3) is 0.103. The van der Waals surface area contributed by atoms with Gasteiger partial charge in [-0.2, -0.15) is 0 Å². The second-order valence-corrected chi connectivity index (χ2v) is 14.1. The first-order chi connectivity index (χ1) is 21.9. The topological polar surface area (TPSA) is 92.2 Å². The Morgan fingerprint density at radius 1 is 0.500 bits per heavy atom. The van der Waals surface area contributed by atoms with Gasteiger partial charge in [-0.3, -0.25) is 0 Å². The van der Waals surface area contributed by atoms with Crippen LogP contribution in [0.25, 0.3) is 36.8 Å². The zero-order chi connectivity index (χ0) is 32.8. The van der Waals surface area contributed by atoms with E-state index >= 15 is 0 Å². The van der Waals surface area contributed by atoms with Crippen molar-refractivity contribution in [2.24, 2.45) is 0 Å². The fourth-order valence-electron chi connectivity index (χ4n) is 4.84. The van der Waals surface area contributed by atoms with Gasteiger partial charge in [0, 0.05) is 33.1 Å². The second kappa shape index (κ2) is 14.7. The molecule has 1 aromatic heterocycles. The molecule has 0 N–H and O–H groups in total. The van der Waals surface area contributed by atoms with Crippen LogP contribution in [0.15, 0.2) is 127 Å². The summed E-state index contributed by atoms with van der Waals surface area (Å²) in [6, 6.07) is 40.1. The third-order valence-electron chi connectivity index (χ3n) is 7.31. The molecule has 0 spiro atoms. The van der Waals surface area contributed by atoms with E-state index in [0.717, 1.165) is 0 Å². The second-order valence-electron chi connectivity index (χ2n) is 11.2. The van der Waals surface area contributed by atoms with Gasteiger partial charge in [-0.1, -0.05) is 107 Å². The molecular weight excluding hydrogens is 632 g/mol. The van der Waals surface area contributed by atoms with Crippen molar-refractivity contribution in [3.05, 3.63) is 166 Å². The van der Waals surface area contributed by atoms with Gasteiger partial charge in [0.25, 0.3) is 0 Å². The molecule has 0 atom stereocenters. The summed E-state index contributed by atoms with van der Waals surface area (Å²) in [5.41, 5.74) is 12.5. The van der Waals surface area contributed by atoms with Crippen molar-refractivity contribution < 1.29 is 28.9 Å². The number of allylic oxidation sites excluding steroid dienone is 3. The molecule has 0 saturated heterocycles. The minimum atomic E-state index is -4.94. The van der Waals surface area contributed by atoms with E-state index in [1.165, 1.54) is 75.2 Å². The first-order valence-corrected chi connectivity index (χ1v) is 17.5. The van der Waals surface area contributed by atoms with E-state index in [4.69, 9.17) is 18.6 Å². The predicted molar refractivity (Wildman–Crippen MR) is 183 cm³/mol. The lowest BCUT2D eigenvalue weighted by Gasteiger charge is -2.17. The maximum Gasteiger partial charge on any atom is 0.239 e. The van der Waals surface area contributed by atoms with E-state index in [9.17, 15) is 0 Å². The molecule has 5 aromatic rings. The predicted octanol–water partition coefficient (Wildman–Crippen LogP) is 7.05. The molecule has 0 amide bonds. The third kappa shape index (κ3) is 9.58. The lowest BCUT2D eigenvalue weighted by Crippen LogP contribution is -2.68. The minimum absolute atomic E-state index is 1.20. The first kappa shape index (κ1) is 33.5. The number of thioether (sulfide) groups is 1. The van der Waals surface area contributed by atoms with Crippen LogP contribution >= 0.6 is 23.1 Å². The number of hydrogen-bond acceptors (Lipinski definition) is 5. The van der Waals surface area contributed by atoms with Gasteiger partial charge in [-0.15, -0.1) is 10.2 Å². The van der Waals surface area contributed by atoms with Crippen molar-refractivity contribution in [3.8, 4) is 20.9 Å². The minimum Gasteiger partial charge on any atom is -0.222 e. The molecule has 1 aliphatic rings. The Hall–Kier alpha value is -3.85. The van der Waals surface area contributed by atoms with Gasteiger partial charge in [-0.05, 0) is 92.5 Å². The largest absolute Gasteiger partial charge is 0.239 e. The molecule has 0 bridgehead atoms. The maximum absolute atomic E-state index is 8.49. The number of rotatable bonds is 5. The van der Waals surface area contributed by atoms with Crippen LogP contribution in [0, 0.1) is 37.9 Å². The molecular formula is C39H33ClO4S2. The van der Waals surface area contributed by atoms with Gasteiger partial charge >= 0.3 is 0 Å². The summed E-state index contributed by atoms with van der Waals surface area (Å²) in [5.74, 6) is 0. The SMILES string of the molecule is Cc1ccc(C2=CC(=Cc3cc(-c4ccc(C)cc4)[s+]c(-c4ccc(C)cc4)c3)C=C(c3ccc(C)cc3)S2)cc1.[O-][Cl+3]([O-])([O-])[O-]. The Kier molecular flexibility index (Phi) is 10.7. The summed E-state index contributed by atoms with van der Waals surface area (Å²) in [7, 11) is -4.94. The highest BCUT2D eigenvalue weighted by Crippen LogP contribution is 2.45. The molecule has 0 radical (unpaired) electrons. The summed E-state index contributed by atoms with van der Waals surface area (Å²) in [6.45, 7) is 8.57. The summed E-state index contributed by atoms with van der Waals surface area (Å²) >= 11 is 3.70. The van der Waals surface area contributed by atoms with Crippen LogP contribution in [-0.4, -0.2) is 0 Å². The summed E-state index contributed by atoms with van der Waals surface area (Å²) in [6.07, 6.45) is 7.01. The Morgan fingerprint density at radius 3 is 1.13 bits per heavy atom. The number of hydrogen-bond donors (Lipinski definition) is 0. The molecule has 4 aromatic carbocycles. The zero-order valence-corrected chi connectivity index (χ0v) is 28.3. The van der Waals surface area contributed by atoms with Gasteiger partial charge in [0.15, 0.2) is 0 Å². The first-order valence-electron chi connectivity index (χ1n) is 14.6. The molecule has 1 aliphatic heterocycles. The maximum atomic E-state index is 8.49. The summed E-state index contributed by atoms with van der Waals surface area (Å²) in [4.78, 5) is 5.08. The van der Waals surface area contributed by atoms with Crippen LogP contribution < -0.4 is 18.6 Å². The molecule has 0 fully saturated rings. The van der Waals surface area contributed by atoms with Gasteiger partial charge < -0.3 is 0 Å². The quantitative estimate of drug-likeness (QED) is 0.188. The number of aryl methyl sites for hydroxylation is 4. The fourth-order valence-corrected chi connectivity index (χ4v) is 7.11. The highest BCUT2D eigenvalue weighted by Gasteiger charge is 2.19. The average Bonchev–Trinajstić information content (AvgIpc) is 3.01. The van der Waals surface area contributed by atoms with Crippen molar-refractivity contribution >= 4 is 39.0 Å². The lowest BCUT2D eigenvalue weighted by molar-refractivity contribution is -2.00. The molecule has 0 saturated carbocycles. The van der Waals surface area contributed by atoms with E-state index in [0.29, 0.717) is 0 Å². The Bertz CT molecular complexity index is 1770. The lowest BCUT2D eigenvalue weighted by atomic mass is 10.0. The van der Waals surface area contributed by atoms with E-state index in [1.807, 2.05) is 23.1 Å². The summed E-state index contributed by atoms with van der Waals surface area (Å²) < 4.78 is 34.0. The van der Waals surface area contributed by atoms with Crippen molar-refractivity contribution in [2.75, 3.05) is 0 Å². The average molecular weight is 665 g/mol. The smallest absolute Gasteiger partial charge is 0.222 e. The van der Waals surface area contributed by atoms with Crippen LogP contribution in [0.1, 0.15) is 38.9 Å². The monoisotopic (exact) mass is 664 g/mol. The highest BCUT2D eigenvalue weighted by molar-refractivity contribution is 8.16. The van der Waals surface area contributed by atoms with Gasteiger partial charge in [0.2, 0.25) is 21.1 Å². The van der Waals surface area contributed by atoms with Crippen LogP contribution in [0.5, 0.6) is 0 Å². The van der Waals surface area contributed by atoms with Crippen LogP contribution in [-0.2, 0) is 0 Å². The van der Waals surface area contributed by atoms with Gasteiger partial charge in [0.05, 0.1) is 0 Å². The van der Waals surface area contributed by atoms with E-state index in [1.54, 1.807) is 0 Å². The molecule has 2 heterocycles. The molecule has 0 aliphatic carbocycles. The number of benzene rings is 4. The van der Waals surface area contributed by atoms with Gasteiger partial charge in [0.1, 0.15) is 0 Å². The van der Waals surface area contributed by atoms with Crippen molar-refractivity contribution in [2.45, 2.75) is 27.7 Å². The normalized spacial score (nSPS) is 12.9. The van der Waals surface area contributed by atoms with Gasteiger partial charge in [-0.25, -0.2) is 18.6 Å². The molecule has 232 valence electrons. The Morgan fingerprint density at radius 2 is 0.804 bits per heavy atom. The number of halogens is 1.